The van der Waals surface area contributed by atoms with E-state index in [2.05, 4.69) is 51.1 Å². The maximum Gasteiger partial charge on any atom is 0.138 e. The van der Waals surface area contributed by atoms with E-state index in [0.717, 1.165) is 55.6 Å². The van der Waals surface area contributed by atoms with Crippen LogP contribution in [0.2, 0.25) is 0 Å². The third-order valence-electron chi connectivity index (χ3n) is 9.43. The molecule has 0 saturated carbocycles. The first-order valence-electron chi connectivity index (χ1n) is 15.8. The summed E-state index contributed by atoms with van der Waals surface area (Å²) in [6, 6.07) is 43.8. The van der Waals surface area contributed by atoms with Gasteiger partial charge < -0.3 is 19.1 Å². The second-order valence-electron chi connectivity index (χ2n) is 12.4. The standard InChI is InChI=1S/C42H37O4P/c1-28-25-29(2)41(30(3)26-28)46-37-23-17-34(18-24-37)42(32-13-19-35(43)20-14-32,33-15-21-36(45-4)22-16-33)47(44)27-31-9-5-6-10-38(31)39-11-7-8-12-40(39)47/h5-26,43H,27H2,1-4H3. The molecule has 0 saturated heterocycles. The molecule has 1 aliphatic rings. The van der Waals surface area contributed by atoms with Gasteiger partial charge in [-0.05, 0) is 102 Å². The van der Waals surface area contributed by atoms with E-state index in [1.54, 1.807) is 19.2 Å². The van der Waals surface area contributed by atoms with E-state index in [1.165, 1.54) is 5.56 Å². The number of hydrogen-bond donors (Lipinski definition) is 1. The van der Waals surface area contributed by atoms with Crippen LogP contribution in [-0.4, -0.2) is 12.2 Å². The molecule has 0 aliphatic carbocycles. The molecule has 2 unspecified atom stereocenters. The average Bonchev–Trinajstić information content (AvgIpc) is 3.08. The van der Waals surface area contributed by atoms with Gasteiger partial charge in [0, 0.05) is 11.5 Å². The van der Waals surface area contributed by atoms with Crippen molar-refractivity contribution in [2.75, 3.05) is 7.11 Å². The highest BCUT2D eigenvalue weighted by atomic mass is 31.2. The van der Waals surface area contributed by atoms with E-state index in [0.29, 0.717) is 17.7 Å². The Morgan fingerprint density at radius 2 is 1.15 bits per heavy atom. The van der Waals surface area contributed by atoms with Crippen LogP contribution in [0.25, 0.3) is 11.1 Å². The maximum absolute atomic E-state index is 16.7. The van der Waals surface area contributed by atoms with Gasteiger partial charge in [0.15, 0.2) is 0 Å². The zero-order chi connectivity index (χ0) is 32.8. The molecule has 5 heteroatoms. The highest BCUT2D eigenvalue weighted by Gasteiger charge is 2.55. The summed E-state index contributed by atoms with van der Waals surface area (Å²) in [6.07, 6.45) is 0.368. The Bertz CT molecular complexity index is 2110. The Labute approximate surface area is 276 Å². The summed E-state index contributed by atoms with van der Waals surface area (Å²) in [4.78, 5) is 0. The van der Waals surface area contributed by atoms with Crippen molar-refractivity contribution in [1.29, 1.82) is 0 Å². The van der Waals surface area contributed by atoms with Crippen molar-refractivity contribution in [3.8, 4) is 34.1 Å². The summed E-state index contributed by atoms with van der Waals surface area (Å²) in [6.45, 7) is 6.21. The molecule has 4 nitrogen and oxygen atoms in total. The number of aromatic hydroxyl groups is 1. The van der Waals surface area contributed by atoms with Crippen molar-refractivity contribution in [1.82, 2.24) is 0 Å². The van der Waals surface area contributed by atoms with Crippen LogP contribution in [0.1, 0.15) is 38.9 Å². The quantitative estimate of drug-likeness (QED) is 0.140. The predicted molar refractivity (Wildman–Crippen MR) is 191 cm³/mol. The molecule has 0 fully saturated rings. The number of phenolic OH excluding ortho intramolecular Hbond substituents is 1. The minimum absolute atomic E-state index is 0.151. The molecule has 0 bridgehead atoms. The second kappa shape index (κ2) is 12.0. The fourth-order valence-electron chi connectivity index (χ4n) is 7.43. The third-order valence-corrected chi connectivity index (χ3v) is 13.2. The molecule has 7 rings (SSSR count). The molecule has 47 heavy (non-hydrogen) atoms. The number of ether oxygens (including phenoxy) is 2. The van der Waals surface area contributed by atoms with E-state index in [4.69, 9.17) is 9.47 Å². The van der Waals surface area contributed by atoms with Crippen molar-refractivity contribution < 1.29 is 19.1 Å². The van der Waals surface area contributed by atoms with Crippen LogP contribution >= 0.6 is 7.14 Å². The molecule has 0 amide bonds. The highest BCUT2D eigenvalue weighted by molar-refractivity contribution is 7.73. The molecule has 6 aromatic carbocycles. The summed E-state index contributed by atoms with van der Waals surface area (Å²) >= 11 is 0. The van der Waals surface area contributed by atoms with Crippen LogP contribution in [0.3, 0.4) is 0 Å². The number of phenols is 1. The van der Waals surface area contributed by atoms with Crippen LogP contribution in [0.4, 0.5) is 0 Å². The van der Waals surface area contributed by atoms with Gasteiger partial charge in [0.1, 0.15) is 35.3 Å². The minimum Gasteiger partial charge on any atom is -0.508 e. The van der Waals surface area contributed by atoms with E-state index < -0.39 is 12.3 Å². The summed E-state index contributed by atoms with van der Waals surface area (Å²) < 4.78 is 28.7. The van der Waals surface area contributed by atoms with Crippen molar-refractivity contribution >= 4 is 12.4 Å². The van der Waals surface area contributed by atoms with Crippen LogP contribution in [0.15, 0.2) is 133 Å². The van der Waals surface area contributed by atoms with Gasteiger partial charge in [0.25, 0.3) is 0 Å². The molecule has 6 aromatic rings. The maximum atomic E-state index is 16.7. The summed E-state index contributed by atoms with van der Waals surface area (Å²) in [7, 11) is -1.80. The first kappa shape index (κ1) is 30.6. The van der Waals surface area contributed by atoms with Gasteiger partial charge in [-0.2, -0.15) is 0 Å². The van der Waals surface area contributed by atoms with Gasteiger partial charge in [-0.15, -0.1) is 0 Å². The third kappa shape index (κ3) is 5.05. The summed E-state index contributed by atoms with van der Waals surface area (Å²) in [5.74, 6) is 2.41. The number of benzene rings is 6. The van der Waals surface area contributed by atoms with E-state index >= 15 is 4.57 Å². The monoisotopic (exact) mass is 636 g/mol. The number of hydrogen-bond acceptors (Lipinski definition) is 4. The average molecular weight is 637 g/mol. The highest BCUT2D eigenvalue weighted by Crippen LogP contribution is 2.72. The fraction of sp³-hybridized carbons (Fsp3) is 0.143. The molecule has 0 radical (unpaired) electrons. The lowest BCUT2D eigenvalue weighted by molar-refractivity contribution is 0.414. The Hall–Kier alpha value is -5.05. The number of methoxy groups -OCH3 is 1. The topological polar surface area (TPSA) is 55.8 Å². The Morgan fingerprint density at radius 3 is 1.74 bits per heavy atom. The normalized spacial score (nSPS) is 16.4. The molecular formula is C42H37O4P. The Balaban J connectivity index is 1.51. The van der Waals surface area contributed by atoms with Gasteiger partial charge in [-0.1, -0.05) is 103 Å². The number of aryl methyl sites for hydroxylation is 3. The molecule has 1 heterocycles. The first-order valence-corrected chi connectivity index (χ1v) is 17.7. The largest absolute Gasteiger partial charge is 0.508 e. The fourth-order valence-corrected chi connectivity index (χ4v) is 11.6. The first-order chi connectivity index (χ1) is 22.7. The lowest BCUT2D eigenvalue weighted by atomic mass is 9.83. The summed E-state index contributed by atoms with van der Waals surface area (Å²) in [5.41, 5.74) is 9.07. The van der Waals surface area contributed by atoms with Crippen molar-refractivity contribution in [2.45, 2.75) is 32.1 Å². The van der Waals surface area contributed by atoms with Gasteiger partial charge in [-0.3, -0.25) is 0 Å². The second-order valence-corrected chi connectivity index (χ2v) is 15.4. The SMILES string of the molecule is COc1ccc(C(c2ccc(O)cc2)(c2ccc(Oc3c(C)cc(C)cc3C)cc2)P2(=O)Cc3ccccc3-c3ccccc32)cc1. The Kier molecular flexibility index (Phi) is 7.78. The van der Waals surface area contributed by atoms with Crippen molar-refractivity contribution in [2.24, 2.45) is 0 Å². The zero-order valence-corrected chi connectivity index (χ0v) is 27.9. The van der Waals surface area contributed by atoms with Gasteiger partial charge >= 0.3 is 0 Å². The van der Waals surface area contributed by atoms with E-state index in [9.17, 15) is 5.11 Å². The lowest BCUT2D eigenvalue weighted by Crippen LogP contribution is -2.36. The molecular weight excluding hydrogens is 599 g/mol. The van der Waals surface area contributed by atoms with Crippen LogP contribution in [0.5, 0.6) is 23.0 Å². The van der Waals surface area contributed by atoms with Crippen LogP contribution < -0.4 is 14.8 Å². The molecule has 0 aromatic heterocycles. The molecule has 1 aliphatic heterocycles. The van der Waals surface area contributed by atoms with Gasteiger partial charge in [0.05, 0.1) is 7.11 Å². The Morgan fingerprint density at radius 1 is 0.638 bits per heavy atom. The van der Waals surface area contributed by atoms with Crippen molar-refractivity contribution in [3.05, 3.63) is 172 Å². The van der Waals surface area contributed by atoms with Crippen molar-refractivity contribution in [3.63, 3.8) is 0 Å². The van der Waals surface area contributed by atoms with E-state index in [1.807, 2.05) is 91.0 Å². The van der Waals surface area contributed by atoms with Gasteiger partial charge in [0.2, 0.25) is 0 Å². The minimum atomic E-state index is -3.45. The van der Waals surface area contributed by atoms with Gasteiger partial charge in [-0.25, -0.2) is 0 Å². The van der Waals surface area contributed by atoms with Crippen LogP contribution in [-0.2, 0) is 15.9 Å². The number of rotatable bonds is 7. The summed E-state index contributed by atoms with van der Waals surface area (Å²) in [5, 5.41) is 10.2. The molecule has 2 atom stereocenters. The van der Waals surface area contributed by atoms with Crippen LogP contribution in [0, 0.1) is 20.8 Å². The smallest absolute Gasteiger partial charge is 0.138 e. The molecule has 0 spiro atoms. The molecule has 1 N–H and O–H groups in total. The molecule has 234 valence electrons. The van der Waals surface area contributed by atoms with E-state index in [-0.39, 0.29) is 5.75 Å². The number of fused-ring (bicyclic) bond motifs is 3. The predicted octanol–water partition coefficient (Wildman–Crippen LogP) is 10.3. The lowest BCUT2D eigenvalue weighted by Gasteiger charge is -2.45. The zero-order valence-electron chi connectivity index (χ0n) is 27.0.